The Hall–Kier alpha value is -1.07. The summed E-state index contributed by atoms with van der Waals surface area (Å²) in [5.41, 5.74) is 5.61. The number of nitrogens with zero attached hydrogens (tertiary/aromatic N) is 4. The summed E-state index contributed by atoms with van der Waals surface area (Å²) < 4.78 is 1.94. The van der Waals surface area contributed by atoms with Crippen molar-refractivity contribution in [2.24, 2.45) is 0 Å². The molecule has 0 aromatic carbocycles. The van der Waals surface area contributed by atoms with Crippen molar-refractivity contribution in [3.8, 4) is 0 Å². The van der Waals surface area contributed by atoms with Gasteiger partial charge in [-0.05, 0) is 25.5 Å². The fourth-order valence-corrected chi connectivity index (χ4v) is 3.00. The number of hydrogen-bond acceptors (Lipinski definition) is 4. The first-order valence-corrected chi connectivity index (χ1v) is 6.56. The molecule has 3 rings (SSSR count). The van der Waals surface area contributed by atoms with Gasteiger partial charge in [0, 0.05) is 38.4 Å². The molecule has 1 aromatic heterocycles. The molecule has 2 fully saturated rings. The minimum absolute atomic E-state index is 0.616. The molecule has 2 N–H and O–H groups in total. The van der Waals surface area contributed by atoms with Crippen LogP contribution in [0, 0.1) is 0 Å². The van der Waals surface area contributed by atoms with Gasteiger partial charge in [-0.2, -0.15) is 5.10 Å². The Morgan fingerprint density at radius 2 is 2.24 bits per heavy atom. The Kier molecular flexibility index (Phi) is 3.03. The smallest absolute Gasteiger partial charge is 0.145 e. The highest BCUT2D eigenvalue weighted by atomic mass is 15.3. The van der Waals surface area contributed by atoms with Crippen molar-refractivity contribution < 1.29 is 0 Å². The van der Waals surface area contributed by atoms with Crippen LogP contribution in [0.15, 0.2) is 12.3 Å². The van der Waals surface area contributed by atoms with E-state index in [2.05, 4.69) is 14.9 Å². The SMILES string of the molecule is Nc1ccn(CCN2CCN3CCCC3C2)n1. The van der Waals surface area contributed by atoms with Crippen molar-refractivity contribution in [1.29, 1.82) is 0 Å². The van der Waals surface area contributed by atoms with Crippen LogP contribution in [-0.2, 0) is 6.54 Å². The van der Waals surface area contributed by atoms with Gasteiger partial charge in [-0.15, -0.1) is 0 Å². The summed E-state index contributed by atoms with van der Waals surface area (Å²) in [5.74, 6) is 0.616. The van der Waals surface area contributed by atoms with Gasteiger partial charge in [-0.1, -0.05) is 0 Å². The van der Waals surface area contributed by atoms with Crippen LogP contribution >= 0.6 is 0 Å². The van der Waals surface area contributed by atoms with Crippen LogP contribution in [0.4, 0.5) is 5.82 Å². The molecule has 1 unspecified atom stereocenters. The molecular formula is C12H21N5. The summed E-state index contributed by atoms with van der Waals surface area (Å²) in [5, 5.41) is 4.22. The van der Waals surface area contributed by atoms with Crippen LogP contribution in [0.5, 0.6) is 0 Å². The van der Waals surface area contributed by atoms with E-state index >= 15 is 0 Å². The first kappa shape index (κ1) is 11.0. The standard InChI is InChI=1S/C12H21N5/c13-12-3-5-17(14-12)9-7-15-6-8-16-4-1-2-11(16)10-15/h3,5,11H,1-2,4,6-10H2,(H2,13,14). The average molecular weight is 235 g/mol. The Bertz CT molecular complexity index is 375. The topological polar surface area (TPSA) is 50.3 Å². The zero-order valence-electron chi connectivity index (χ0n) is 10.3. The Morgan fingerprint density at radius 3 is 3.06 bits per heavy atom. The van der Waals surface area contributed by atoms with Gasteiger partial charge in [-0.3, -0.25) is 14.5 Å². The average Bonchev–Trinajstić information content (AvgIpc) is 2.94. The summed E-state index contributed by atoms with van der Waals surface area (Å²) in [4.78, 5) is 5.20. The number of piperazine rings is 1. The molecule has 3 heterocycles. The molecule has 0 bridgehead atoms. The largest absolute Gasteiger partial charge is 0.382 e. The second-order valence-electron chi connectivity index (χ2n) is 5.14. The number of nitrogen functional groups attached to an aromatic ring is 1. The van der Waals surface area contributed by atoms with Gasteiger partial charge in [0.15, 0.2) is 0 Å². The lowest BCUT2D eigenvalue weighted by Gasteiger charge is -2.37. The Labute approximate surface area is 102 Å². The van der Waals surface area contributed by atoms with Gasteiger partial charge >= 0.3 is 0 Å². The van der Waals surface area contributed by atoms with Gasteiger partial charge in [0.2, 0.25) is 0 Å². The molecule has 2 aliphatic heterocycles. The zero-order chi connectivity index (χ0) is 11.7. The van der Waals surface area contributed by atoms with E-state index in [1.807, 2.05) is 16.9 Å². The third kappa shape index (κ3) is 2.45. The molecule has 2 saturated heterocycles. The molecule has 5 nitrogen and oxygen atoms in total. The molecule has 1 atom stereocenters. The minimum Gasteiger partial charge on any atom is -0.382 e. The van der Waals surface area contributed by atoms with Crippen molar-refractivity contribution >= 4 is 5.82 Å². The van der Waals surface area contributed by atoms with Gasteiger partial charge in [0.25, 0.3) is 0 Å². The van der Waals surface area contributed by atoms with E-state index in [0.717, 1.165) is 19.1 Å². The summed E-state index contributed by atoms with van der Waals surface area (Å²) in [6, 6.07) is 2.67. The van der Waals surface area contributed by atoms with E-state index in [1.54, 1.807) is 0 Å². The number of aromatic nitrogens is 2. The molecule has 94 valence electrons. The highest BCUT2D eigenvalue weighted by Crippen LogP contribution is 2.21. The van der Waals surface area contributed by atoms with Crippen LogP contribution in [0.2, 0.25) is 0 Å². The van der Waals surface area contributed by atoms with Crippen molar-refractivity contribution in [3.63, 3.8) is 0 Å². The number of anilines is 1. The number of rotatable bonds is 3. The molecule has 0 aliphatic carbocycles. The molecular weight excluding hydrogens is 214 g/mol. The van der Waals surface area contributed by atoms with E-state index in [1.165, 1.54) is 39.0 Å². The van der Waals surface area contributed by atoms with Gasteiger partial charge in [0.1, 0.15) is 5.82 Å². The molecule has 5 heteroatoms. The highest BCUT2D eigenvalue weighted by Gasteiger charge is 2.30. The van der Waals surface area contributed by atoms with E-state index in [-0.39, 0.29) is 0 Å². The fourth-order valence-electron chi connectivity index (χ4n) is 3.00. The molecule has 1 aromatic rings. The molecule has 0 radical (unpaired) electrons. The lowest BCUT2D eigenvalue weighted by atomic mass is 10.1. The Morgan fingerprint density at radius 1 is 1.29 bits per heavy atom. The highest BCUT2D eigenvalue weighted by molar-refractivity contribution is 5.23. The predicted octanol–water partition coefficient (Wildman–Crippen LogP) is 0.245. The summed E-state index contributed by atoms with van der Waals surface area (Å²) in [6.07, 6.45) is 4.72. The van der Waals surface area contributed by atoms with Crippen molar-refractivity contribution in [2.75, 3.05) is 38.5 Å². The van der Waals surface area contributed by atoms with E-state index in [4.69, 9.17) is 5.73 Å². The predicted molar refractivity (Wildman–Crippen MR) is 67.7 cm³/mol. The van der Waals surface area contributed by atoms with Crippen LogP contribution in [0.1, 0.15) is 12.8 Å². The maximum absolute atomic E-state index is 5.61. The number of nitrogens with two attached hydrogens (primary N) is 1. The van der Waals surface area contributed by atoms with Crippen LogP contribution in [0.3, 0.4) is 0 Å². The summed E-state index contributed by atoms with van der Waals surface area (Å²) >= 11 is 0. The zero-order valence-corrected chi connectivity index (χ0v) is 10.3. The monoisotopic (exact) mass is 235 g/mol. The maximum atomic E-state index is 5.61. The number of hydrogen-bond donors (Lipinski definition) is 1. The normalized spacial score (nSPS) is 26.2. The van der Waals surface area contributed by atoms with E-state index in [0.29, 0.717) is 5.82 Å². The van der Waals surface area contributed by atoms with Gasteiger partial charge in [-0.25, -0.2) is 0 Å². The third-order valence-corrected chi connectivity index (χ3v) is 3.98. The van der Waals surface area contributed by atoms with Gasteiger partial charge in [0.05, 0.1) is 6.54 Å². The second-order valence-corrected chi connectivity index (χ2v) is 5.14. The minimum atomic E-state index is 0.616. The third-order valence-electron chi connectivity index (χ3n) is 3.98. The maximum Gasteiger partial charge on any atom is 0.145 e. The molecule has 17 heavy (non-hydrogen) atoms. The number of fused-ring (bicyclic) bond motifs is 1. The molecule has 0 saturated carbocycles. The first-order chi connectivity index (χ1) is 8.31. The van der Waals surface area contributed by atoms with E-state index < -0.39 is 0 Å². The quantitative estimate of drug-likeness (QED) is 0.815. The molecule has 0 spiro atoms. The molecule has 2 aliphatic rings. The lowest BCUT2D eigenvalue weighted by molar-refractivity contribution is 0.101. The van der Waals surface area contributed by atoms with Gasteiger partial charge < -0.3 is 5.73 Å². The van der Waals surface area contributed by atoms with Crippen molar-refractivity contribution in [1.82, 2.24) is 19.6 Å². The Balaban J connectivity index is 1.49. The van der Waals surface area contributed by atoms with Crippen molar-refractivity contribution in [2.45, 2.75) is 25.4 Å². The lowest BCUT2D eigenvalue weighted by Crippen LogP contribution is -2.50. The summed E-state index contributed by atoms with van der Waals surface area (Å²) in [6.45, 7) is 7.03. The van der Waals surface area contributed by atoms with Crippen LogP contribution < -0.4 is 5.73 Å². The fraction of sp³-hybridized carbons (Fsp3) is 0.750. The van der Waals surface area contributed by atoms with Crippen molar-refractivity contribution in [3.05, 3.63) is 12.3 Å². The van der Waals surface area contributed by atoms with Crippen LogP contribution in [-0.4, -0.2) is 58.3 Å². The second kappa shape index (κ2) is 4.66. The summed E-state index contributed by atoms with van der Waals surface area (Å²) in [7, 11) is 0. The molecule has 0 amide bonds. The van der Waals surface area contributed by atoms with Crippen LogP contribution in [0.25, 0.3) is 0 Å². The van der Waals surface area contributed by atoms with E-state index in [9.17, 15) is 0 Å². The first-order valence-electron chi connectivity index (χ1n) is 6.56.